The minimum atomic E-state index is -4.40. The molecule has 9 heteroatoms. The van der Waals surface area contributed by atoms with Crippen molar-refractivity contribution in [2.24, 2.45) is 0 Å². The molecule has 164 valence electrons. The molecular formula is C22H20F3NO4S. The lowest BCUT2D eigenvalue weighted by molar-refractivity contribution is -0.142. The number of carbonyl (C=O) groups excluding carboxylic acids is 2. The smallest absolute Gasteiger partial charge is 0.446 e. The molecule has 1 heterocycles. The molecule has 3 rings (SSSR count). The maximum absolute atomic E-state index is 13.2. The summed E-state index contributed by atoms with van der Waals surface area (Å²) in [4.78, 5) is 25.4. The molecule has 3 aromatic rings. The second-order valence-electron chi connectivity index (χ2n) is 6.64. The van der Waals surface area contributed by atoms with Crippen molar-refractivity contribution in [3.05, 3.63) is 59.3 Å². The number of nitrogens with zero attached hydrogens (tertiary/aromatic N) is 1. The fraction of sp³-hybridized carbons (Fsp3) is 0.273. The molecule has 5 nitrogen and oxygen atoms in total. The Morgan fingerprint density at radius 2 is 1.77 bits per heavy atom. The summed E-state index contributed by atoms with van der Waals surface area (Å²) in [6.45, 7) is 3.66. The molecule has 0 radical (unpaired) electrons. The molecule has 1 aromatic heterocycles. The van der Waals surface area contributed by atoms with Gasteiger partial charge in [0.05, 0.1) is 25.7 Å². The molecule has 0 amide bonds. The first-order valence-corrected chi connectivity index (χ1v) is 10.2. The number of esters is 1. The summed E-state index contributed by atoms with van der Waals surface area (Å²) in [5, 5.41) is 0.669. The average Bonchev–Trinajstić information content (AvgIpc) is 2.98. The van der Waals surface area contributed by atoms with Crippen molar-refractivity contribution in [2.75, 3.05) is 13.7 Å². The summed E-state index contributed by atoms with van der Waals surface area (Å²) in [6, 6.07) is 10.4. The van der Waals surface area contributed by atoms with Crippen molar-refractivity contribution < 1.29 is 32.2 Å². The topological polar surface area (TPSA) is 57.5 Å². The van der Waals surface area contributed by atoms with E-state index in [9.17, 15) is 22.8 Å². The number of rotatable bonds is 6. The molecule has 0 atom stereocenters. The van der Waals surface area contributed by atoms with E-state index in [1.165, 1.54) is 35.9 Å². The number of hydrogen-bond acceptors (Lipinski definition) is 5. The summed E-state index contributed by atoms with van der Waals surface area (Å²) >= 11 is -0.241. The van der Waals surface area contributed by atoms with Gasteiger partial charge >= 0.3 is 11.5 Å². The van der Waals surface area contributed by atoms with Crippen molar-refractivity contribution in [1.82, 2.24) is 4.57 Å². The first-order chi connectivity index (χ1) is 14.6. The van der Waals surface area contributed by atoms with Crippen LogP contribution in [0.1, 0.15) is 28.5 Å². The fourth-order valence-corrected chi connectivity index (χ4v) is 3.90. The summed E-state index contributed by atoms with van der Waals surface area (Å²) in [5.74, 6) is -0.268. The number of halogens is 3. The van der Waals surface area contributed by atoms with Crippen molar-refractivity contribution in [3.8, 4) is 5.75 Å². The summed E-state index contributed by atoms with van der Waals surface area (Å²) < 4.78 is 49.5. The predicted octanol–water partition coefficient (Wildman–Crippen LogP) is 5.36. The van der Waals surface area contributed by atoms with Crippen molar-refractivity contribution in [2.45, 2.75) is 30.7 Å². The van der Waals surface area contributed by atoms with Crippen LogP contribution in [0.5, 0.6) is 5.75 Å². The van der Waals surface area contributed by atoms with Gasteiger partial charge in [-0.3, -0.25) is 14.2 Å². The Bertz CT molecular complexity index is 1120. The third-order valence-electron chi connectivity index (χ3n) is 4.71. The van der Waals surface area contributed by atoms with Crippen LogP contribution < -0.4 is 4.74 Å². The van der Waals surface area contributed by atoms with E-state index in [2.05, 4.69) is 0 Å². The van der Waals surface area contributed by atoms with Gasteiger partial charge in [0, 0.05) is 21.5 Å². The van der Waals surface area contributed by atoms with Crippen molar-refractivity contribution >= 4 is 34.5 Å². The average molecular weight is 451 g/mol. The minimum absolute atomic E-state index is 0.00845. The Kier molecular flexibility index (Phi) is 6.64. The zero-order valence-corrected chi connectivity index (χ0v) is 17.9. The second kappa shape index (κ2) is 9.05. The molecule has 0 N–H and O–H groups in total. The van der Waals surface area contributed by atoms with E-state index in [0.717, 1.165) is 0 Å². The summed E-state index contributed by atoms with van der Waals surface area (Å²) in [5.41, 5.74) is -2.43. The third-order valence-corrected chi connectivity index (χ3v) is 5.45. The van der Waals surface area contributed by atoms with Crippen LogP contribution in [0.25, 0.3) is 10.9 Å². The number of thioether (sulfide) groups is 1. The normalized spacial score (nSPS) is 11.5. The number of fused-ring (bicyclic) bond motifs is 1. The van der Waals surface area contributed by atoms with E-state index in [-0.39, 0.29) is 35.2 Å². The molecule has 0 saturated carbocycles. The maximum atomic E-state index is 13.2. The van der Waals surface area contributed by atoms with Gasteiger partial charge in [-0.1, -0.05) is 0 Å². The van der Waals surface area contributed by atoms with Crippen LogP contribution >= 0.6 is 11.8 Å². The number of alkyl halides is 3. The lowest BCUT2D eigenvalue weighted by Gasteiger charge is -2.09. The third kappa shape index (κ3) is 5.04. The van der Waals surface area contributed by atoms with E-state index in [1.54, 1.807) is 32.0 Å². The molecule has 31 heavy (non-hydrogen) atoms. The predicted molar refractivity (Wildman–Crippen MR) is 112 cm³/mol. The number of benzene rings is 2. The van der Waals surface area contributed by atoms with E-state index in [0.29, 0.717) is 27.9 Å². The summed E-state index contributed by atoms with van der Waals surface area (Å²) in [7, 11) is 1.52. The molecule has 0 aliphatic heterocycles. The van der Waals surface area contributed by atoms with Gasteiger partial charge in [0.25, 0.3) is 5.91 Å². The highest BCUT2D eigenvalue weighted by Gasteiger charge is 2.29. The lowest BCUT2D eigenvalue weighted by atomic mass is 10.1. The van der Waals surface area contributed by atoms with Crippen LogP contribution in [-0.2, 0) is 16.0 Å². The van der Waals surface area contributed by atoms with E-state index in [4.69, 9.17) is 9.47 Å². The largest absolute Gasteiger partial charge is 0.497 e. The van der Waals surface area contributed by atoms with Gasteiger partial charge < -0.3 is 9.47 Å². The highest BCUT2D eigenvalue weighted by molar-refractivity contribution is 8.00. The first-order valence-electron chi connectivity index (χ1n) is 9.38. The quantitative estimate of drug-likeness (QED) is 0.373. The molecule has 0 fully saturated rings. The monoisotopic (exact) mass is 451 g/mol. The molecule has 0 unspecified atom stereocenters. The highest BCUT2D eigenvalue weighted by Crippen LogP contribution is 2.37. The Morgan fingerprint density at radius 3 is 2.35 bits per heavy atom. The van der Waals surface area contributed by atoms with Crippen LogP contribution in [0.3, 0.4) is 0 Å². The molecule has 0 spiro atoms. The van der Waals surface area contributed by atoms with Crippen LogP contribution in [-0.4, -0.2) is 35.7 Å². The van der Waals surface area contributed by atoms with E-state index < -0.39 is 17.4 Å². The van der Waals surface area contributed by atoms with Gasteiger partial charge in [-0.2, -0.15) is 13.2 Å². The van der Waals surface area contributed by atoms with Gasteiger partial charge in [0.1, 0.15) is 5.75 Å². The molecular weight excluding hydrogens is 431 g/mol. The Labute approximate surface area is 181 Å². The van der Waals surface area contributed by atoms with Gasteiger partial charge in [0.2, 0.25) is 0 Å². The first kappa shape index (κ1) is 22.7. The molecule has 0 aliphatic carbocycles. The number of carbonyl (C=O) groups is 2. The number of methoxy groups -OCH3 is 1. The number of ether oxygens (including phenoxy) is 2. The van der Waals surface area contributed by atoms with Gasteiger partial charge in [-0.25, -0.2) is 0 Å². The minimum Gasteiger partial charge on any atom is -0.497 e. The Hall–Kier alpha value is -2.94. The maximum Gasteiger partial charge on any atom is 0.446 e. The highest BCUT2D eigenvalue weighted by atomic mass is 32.2. The van der Waals surface area contributed by atoms with Crippen LogP contribution in [0.2, 0.25) is 0 Å². The van der Waals surface area contributed by atoms with Gasteiger partial charge in [-0.05, 0) is 73.6 Å². The summed E-state index contributed by atoms with van der Waals surface area (Å²) in [6.07, 6.45) is -0.0230. The van der Waals surface area contributed by atoms with E-state index >= 15 is 0 Å². The van der Waals surface area contributed by atoms with Crippen molar-refractivity contribution in [1.29, 1.82) is 0 Å². The van der Waals surface area contributed by atoms with Crippen LogP contribution in [0.4, 0.5) is 13.2 Å². The molecule has 0 bridgehead atoms. The zero-order chi connectivity index (χ0) is 22.8. The van der Waals surface area contributed by atoms with Crippen molar-refractivity contribution in [3.63, 3.8) is 0 Å². The van der Waals surface area contributed by atoms with Crippen LogP contribution in [0.15, 0.2) is 47.4 Å². The molecule has 0 aliphatic rings. The van der Waals surface area contributed by atoms with Gasteiger partial charge in [0.15, 0.2) is 0 Å². The van der Waals surface area contributed by atoms with Gasteiger partial charge in [-0.15, -0.1) is 0 Å². The Balaban J connectivity index is 2.05. The Morgan fingerprint density at radius 1 is 1.10 bits per heavy atom. The van der Waals surface area contributed by atoms with Crippen LogP contribution in [0, 0.1) is 6.92 Å². The molecule has 2 aromatic carbocycles. The van der Waals surface area contributed by atoms with E-state index in [1.807, 2.05) is 0 Å². The molecule has 0 saturated heterocycles. The second-order valence-corrected chi connectivity index (χ2v) is 7.78. The lowest BCUT2D eigenvalue weighted by Crippen LogP contribution is -2.14. The number of hydrogen-bond donors (Lipinski definition) is 0. The standard InChI is InChI=1S/C22H20F3NO4S/c1-4-30-20(27)12-17-13(2)26(19-10-7-15(29-3)11-18(17)19)21(28)14-5-8-16(9-6-14)31-22(23,24)25/h5-11H,4,12H2,1-3H3. The SMILES string of the molecule is CCOC(=O)Cc1c(C)n(C(=O)c2ccc(SC(F)(F)F)cc2)c2ccc(OC)cc12. The fourth-order valence-electron chi connectivity index (χ4n) is 3.36. The number of aromatic nitrogens is 1. The zero-order valence-electron chi connectivity index (χ0n) is 17.1.